The molecule has 1 saturated heterocycles. The predicted molar refractivity (Wildman–Crippen MR) is 101 cm³/mol. The Morgan fingerprint density at radius 3 is 2.12 bits per heavy atom. The third kappa shape index (κ3) is 3.21. The second-order valence-corrected chi connectivity index (χ2v) is 7.50. The molecule has 24 heavy (non-hydrogen) atoms. The summed E-state index contributed by atoms with van der Waals surface area (Å²) in [5.41, 5.74) is 7.05. The fourth-order valence-corrected chi connectivity index (χ4v) is 4.67. The van der Waals surface area contributed by atoms with Gasteiger partial charge in [0.1, 0.15) is 0 Å². The minimum Gasteiger partial charge on any atom is -0.324 e. The summed E-state index contributed by atoms with van der Waals surface area (Å²) in [4.78, 5) is 15.2. The van der Waals surface area contributed by atoms with Crippen molar-refractivity contribution in [1.29, 1.82) is 0 Å². The number of likely N-dealkylation sites (tertiary alicyclic amines) is 1. The summed E-state index contributed by atoms with van der Waals surface area (Å²) in [6, 6.07) is 2.42. The average Bonchev–Trinajstić information content (AvgIpc) is 3.23. The summed E-state index contributed by atoms with van der Waals surface area (Å²) in [6.45, 7) is 4.21. The van der Waals surface area contributed by atoms with Crippen LogP contribution in [0.25, 0.3) is 0 Å². The number of fused-ring (bicyclic) bond motifs is 2. The highest BCUT2D eigenvalue weighted by atomic mass is 35.5. The maximum atomic E-state index is 12.9. The number of carbonyl (C=O) groups is 1. The molecule has 1 unspecified atom stereocenters. The van der Waals surface area contributed by atoms with Crippen molar-refractivity contribution in [2.75, 3.05) is 18.4 Å². The molecule has 1 heterocycles. The first-order chi connectivity index (χ1) is 11.2. The number of halogens is 1. The van der Waals surface area contributed by atoms with E-state index in [1.54, 1.807) is 0 Å². The molecule has 1 fully saturated rings. The molecule has 4 heteroatoms. The Balaban J connectivity index is 0.00000169. The van der Waals surface area contributed by atoms with Crippen molar-refractivity contribution in [2.24, 2.45) is 0 Å². The Bertz CT molecular complexity index is 590. The number of amides is 1. The van der Waals surface area contributed by atoms with Crippen molar-refractivity contribution in [2.45, 2.75) is 70.8 Å². The third-order valence-electron chi connectivity index (χ3n) is 6.04. The Kier molecular flexibility index (Phi) is 5.51. The number of nitrogens with zero attached hydrogens (tertiary/aromatic N) is 1. The predicted octanol–water partition coefficient (Wildman–Crippen LogP) is 3.90. The maximum absolute atomic E-state index is 12.9. The molecule has 132 valence electrons. The van der Waals surface area contributed by atoms with Crippen LogP contribution in [0.4, 0.5) is 5.69 Å². The highest BCUT2D eigenvalue weighted by Gasteiger charge is 2.28. The lowest BCUT2D eigenvalue weighted by Crippen LogP contribution is -2.44. The van der Waals surface area contributed by atoms with Crippen LogP contribution >= 0.6 is 12.4 Å². The van der Waals surface area contributed by atoms with Crippen LogP contribution in [-0.2, 0) is 30.5 Å². The van der Waals surface area contributed by atoms with Crippen molar-refractivity contribution < 1.29 is 4.79 Å². The molecular formula is C20H29ClN2O. The van der Waals surface area contributed by atoms with Crippen molar-refractivity contribution >= 4 is 24.0 Å². The molecule has 0 bridgehead atoms. The Morgan fingerprint density at radius 2 is 1.54 bits per heavy atom. The maximum Gasteiger partial charge on any atom is 0.241 e. The van der Waals surface area contributed by atoms with Crippen LogP contribution in [0, 0.1) is 0 Å². The highest BCUT2D eigenvalue weighted by molar-refractivity contribution is 5.96. The average molecular weight is 349 g/mol. The number of rotatable bonds is 3. The van der Waals surface area contributed by atoms with Gasteiger partial charge in [0.15, 0.2) is 0 Å². The summed E-state index contributed by atoms with van der Waals surface area (Å²) in [7, 11) is 0. The van der Waals surface area contributed by atoms with Gasteiger partial charge in [-0.3, -0.25) is 9.69 Å². The zero-order valence-corrected chi connectivity index (χ0v) is 15.5. The van der Waals surface area contributed by atoms with Gasteiger partial charge in [0.25, 0.3) is 0 Å². The molecule has 1 amide bonds. The zero-order valence-electron chi connectivity index (χ0n) is 14.7. The van der Waals surface area contributed by atoms with E-state index in [4.69, 9.17) is 0 Å². The normalized spacial score (nSPS) is 20.9. The largest absolute Gasteiger partial charge is 0.324 e. The van der Waals surface area contributed by atoms with Gasteiger partial charge in [-0.2, -0.15) is 0 Å². The van der Waals surface area contributed by atoms with Crippen LogP contribution in [-0.4, -0.2) is 29.9 Å². The van der Waals surface area contributed by atoms with Gasteiger partial charge in [0, 0.05) is 5.69 Å². The number of carbonyl (C=O) groups excluding carboxylic acids is 1. The summed E-state index contributed by atoms with van der Waals surface area (Å²) in [6.07, 6.45) is 10.9. The van der Waals surface area contributed by atoms with Crippen molar-refractivity contribution in [3.63, 3.8) is 0 Å². The number of aryl methyl sites for hydroxylation is 2. The van der Waals surface area contributed by atoms with Crippen LogP contribution in [0.5, 0.6) is 0 Å². The van der Waals surface area contributed by atoms with E-state index in [1.165, 1.54) is 72.9 Å². The molecule has 1 N–H and O–H groups in total. The highest BCUT2D eigenvalue weighted by Crippen LogP contribution is 2.38. The number of nitrogens with one attached hydrogen (secondary N) is 1. The number of hydrogen-bond acceptors (Lipinski definition) is 2. The van der Waals surface area contributed by atoms with Gasteiger partial charge in [-0.25, -0.2) is 0 Å². The minimum atomic E-state index is -0.00962. The fourth-order valence-electron chi connectivity index (χ4n) is 4.67. The number of piperidine rings is 1. The quantitative estimate of drug-likeness (QED) is 0.898. The van der Waals surface area contributed by atoms with E-state index in [1.807, 2.05) is 0 Å². The van der Waals surface area contributed by atoms with E-state index in [2.05, 4.69) is 23.2 Å². The summed E-state index contributed by atoms with van der Waals surface area (Å²) < 4.78 is 0. The molecule has 0 spiro atoms. The van der Waals surface area contributed by atoms with Gasteiger partial charge in [-0.1, -0.05) is 12.5 Å². The molecule has 1 aromatic carbocycles. The Hall–Kier alpha value is -1.06. The molecule has 3 aliphatic rings. The van der Waals surface area contributed by atoms with Crippen molar-refractivity contribution in [3.05, 3.63) is 28.3 Å². The van der Waals surface area contributed by atoms with E-state index < -0.39 is 0 Å². The van der Waals surface area contributed by atoms with Gasteiger partial charge in [0.2, 0.25) is 5.91 Å². The van der Waals surface area contributed by atoms with Gasteiger partial charge in [-0.05, 0) is 93.6 Å². The van der Waals surface area contributed by atoms with Gasteiger partial charge in [-0.15, -0.1) is 12.4 Å². The molecule has 4 rings (SSSR count). The standard InChI is InChI=1S/C20H28N2O.ClH/c1-14(22-11-3-2-4-12-22)20(23)21-19-17-9-5-7-15(17)13-16-8-6-10-18(16)19;/h13-14H,2-12H2,1H3,(H,21,23);1H. The van der Waals surface area contributed by atoms with E-state index in [0.717, 1.165) is 25.9 Å². The first kappa shape index (κ1) is 17.8. The van der Waals surface area contributed by atoms with Crippen molar-refractivity contribution in [1.82, 2.24) is 4.90 Å². The lowest BCUT2D eigenvalue weighted by atomic mass is 9.98. The fraction of sp³-hybridized carbons (Fsp3) is 0.650. The summed E-state index contributed by atoms with van der Waals surface area (Å²) in [5.74, 6) is 0.196. The lowest BCUT2D eigenvalue weighted by Gasteiger charge is -2.31. The molecule has 0 radical (unpaired) electrons. The number of hydrogen-bond donors (Lipinski definition) is 1. The molecular weight excluding hydrogens is 320 g/mol. The summed E-state index contributed by atoms with van der Waals surface area (Å²) in [5, 5.41) is 3.36. The lowest BCUT2D eigenvalue weighted by molar-refractivity contribution is -0.121. The van der Waals surface area contributed by atoms with Gasteiger partial charge in [0.05, 0.1) is 6.04 Å². The van der Waals surface area contributed by atoms with Gasteiger partial charge >= 0.3 is 0 Å². The molecule has 0 aromatic heterocycles. The van der Waals surface area contributed by atoms with Crippen LogP contribution in [0.15, 0.2) is 6.07 Å². The second-order valence-electron chi connectivity index (χ2n) is 7.50. The number of benzene rings is 1. The SMILES string of the molecule is CC(C(=O)Nc1c2c(cc3c1CCC3)CCC2)N1CCCCC1.Cl. The van der Waals surface area contributed by atoms with Gasteiger partial charge < -0.3 is 5.32 Å². The van der Waals surface area contributed by atoms with Crippen LogP contribution in [0.2, 0.25) is 0 Å². The monoisotopic (exact) mass is 348 g/mol. The van der Waals surface area contributed by atoms with E-state index in [9.17, 15) is 4.79 Å². The van der Waals surface area contributed by atoms with E-state index >= 15 is 0 Å². The first-order valence-electron chi connectivity index (χ1n) is 9.45. The molecule has 2 aliphatic carbocycles. The molecule has 0 saturated carbocycles. The number of anilines is 1. The van der Waals surface area contributed by atoms with E-state index in [0.29, 0.717) is 0 Å². The molecule has 3 nitrogen and oxygen atoms in total. The summed E-state index contributed by atoms with van der Waals surface area (Å²) >= 11 is 0. The first-order valence-corrected chi connectivity index (χ1v) is 9.45. The molecule has 1 aromatic rings. The van der Waals surface area contributed by atoms with Crippen LogP contribution in [0.1, 0.15) is 61.3 Å². The molecule has 1 atom stereocenters. The second kappa shape index (κ2) is 7.45. The zero-order chi connectivity index (χ0) is 15.8. The van der Waals surface area contributed by atoms with E-state index in [-0.39, 0.29) is 24.4 Å². The third-order valence-corrected chi connectivity index (χ3v) is 6.04. The van der Waals surface area contributed by atoms with Crippen LogP contribution < -0.4 is 5.32 Å². The van der Waals surface area contributed by atoms with Crippen molar-refractivity contribution in [3.8, 4) is 0 Å². The molecule has 1 aliphatic heterocycles. The topological polar surface area (TPSA) is 32.3 Å². The Labute approximate surface area is 151 Å². The smallest absolute Gasteiger partial charge is 0.241 e. The minimum absolute atomic E-state index is 0. The van der Waals surface area contributed by atoms with Crippen LogP contribution in [0.3, 0.4) is 0 Å². The Morgan fingerprint density at radius 1 is 0.958 bits per heavy atom.